The maximum atomic E-state index is 12.7. The van der Waals surface area contributed by atoms with Crippen molar-refractivity contribution < 1.29 is 4.79 Å². The molecule has 6 heteroatoms. The van der Waals surface area contributed by atoms with E-state index in [9.17, 15) is 4.79 Å². The molecule has 0 bridgehead atoms. The quantitative estimate of drug-likeness (QED) is 0.570. The molecule has 2 saturated heterocycles. The van der Waals surface area contributed by atoms with E-state index < -0.39 is 0 Å². The summed E-state index contributed by atoms with van der Waals surface area (Å²) in [4.78, 5) is 21.8. The molecule has 1 amide bonds. The molecule has 154 valence electrons. The van der Waals surface area contributed by atoms with E-state index in [4.69, 9.17) is 0 Å². The van der Waals surface area contributed by atoms with Gasteiger partial charge in [0.25, 0.3) is 0 Å². The summed E-state index contributed by atoms with van der Waals surface area (Å²) in [5.74, 6) is 1.54. The number of aliphatic imine (C=N–C) groups is 1. The second kappa shape index (κ2) is 10.3. The first-order chi connectivity index (χ1) is 13.2. The fraction of sp³-hybridized carbons (Fsp3) is 0.905. The molecule has 3 fully saturated rings. The second-order valence-electron chi connectivity index (χ2n) is 8.63. The van der Waals surface area contributed by atoms with Crippen LogP contribution in [-0.2, 0) is 4.79 Å². The van der Waals surface area contributed by atoms with Gasteiger partial charge >= 0.3 is 0 Å². The van der Waals surface area contributed by atoms with Crippen LogP contribution in [0.2, 0.25) is 0 Å². The lowest BCUT2D eigenvalue weighted by Crippen LogP contribution is -2.48. The molecule has 0 radical (unpaired) electrons. The van der Waals surface area contributed by atoms with Gasteiger partial charge in [-0.25, -0.2) is 0 Å². The summed E-state index contributed by atoms with van der Waals surface area (Å²) in [5.41, 5.74) is 0. The van der Waals surface area contributed by atoms with E-state index in [0.29, 0.717) is 18.0 Å². The van der Waals surface area contributed by atoms with Crippen LogP contribution < -0.4 is 10.6 Å². The first kappa shape index (κ1) is 20.4. The van der Waals surface area contributed by atoms with Crippen molar-refractivity contribution in [3.63, 3.8) is 0 Å². The average Bonchev–Trinajstić information content (AvgIpc) is 3.17. The van der Waals surface area contributed by atoms with Crippen LogP contribution in [0, 0.1) is 5.92 Å². The van der Waals surface area contributed by atoms with E-state index >= 15 is 0 Å². The Kier molecular flexibility index (Phi) is 7.80. The van der Waals surface area contributed by atoms with Gasteiger partial charge in [0.2, 0.25) is 5.91 Å². The van der Waals surface area contributed by atoms with E-state index in [1.54, 1.807) is 0 Å². The van der Waals surface area contributed by atoms with Gasteiger partial charge in [0, 0.05) is 51.2 Å². The SMILES string of the molecule is CN=C(NCCN1CCCCC1C)NC1CCN(C(=O)C2CCCCC2)C1. The van der Waals surface area contributed by atoms with Crippen molar-refractivity contribution in [2.24, 2.45) is 10.9 Å². The van der Waals surface area contributed by atoms with E-state index in [2.05, 4.69) is 32.3 Å². The lowest BCUT2D eigenvalue weighted by molar-refractivity contribution is -0.135. The summed E-state index contributed by atoms with van der Waals surface area (Å²) in [5, 5.41) is 6.99. The van der Waals surface area contributed by atoms with Gasteiger partial charge in [-0.15, -0.1) is 0 Å². The first-order valence-corrected chi connectivity index (χ1v) is 11.2. The summed E-state index contributed by atoms with van der Waals surface area (Å²) in [7, 11) is 1.83. The Hall–Kier alpha value is -1.30. The molecule has 0 spiro atoms. The fourth-order valence-corrected chi connectivity index (χ4v) is 4.88. The summed E-state index contributed by atoms with van der Waals surface area (Å²) < 4.78 is 0. The average molecular weight is 378 g/mol. The molecule has 2 unspecified atom stereocenters. The zero-order valence-corrected chi connectivity index (χ0v) is 17.4. The number of piperidine rings is 1. The Morgan fingerprint density at radius 3 is 2.56 bits per heavy atom. The van der Waals surface area contributed by atoms with Crippen LogP contribution in [0.15, 0.2) is 4.99 Å². The number of nitrogens with one attached hydrogen (secondary N) is 2. The minimum absolute atomic E-state index is 0.279. The van der Waals surface area contributed by atoms with E-state index in [1.807, 2.05) is 7.05 Å². The number of carbonyl (C=O) groups excluding carboxylic acids is 1. The maximum absolute atomic E-state index is 12.7. The third-order valence-corrected chi connectivity index (χ3v) is 6.65. The monoisotopic (exact) mass is 377 g/mol. The summed E-state index contributed by atoms with van der Waals surface area (Å²) >= 11 is 0. The Balaban J connectivity index is 1.38. The molecule has 2 heterocycles. The third kappa shape index (κ3) is 5.84. The second-order valence-corrected chi connectivity index (χ2v) is 8.63. The van der Waals surface area contributed by atoms with Crippen molar-refractivity contribution in [3.8, 4) is 0 Å². The molecule has 1 saturated carbocycles. The van der Waals surface area contributed by atoms with Gasteiger partial charge in [0.1, 0.15) is 0 Å². The van der Waals surface area contributed by atoms with Crippen molar-refractivity contribution in [2.75, 3.05) is 39.8 Å². The zero-order chi connectivity index (χ0) is 19.1. The molecule has 0 aromatic rings. The lowest BCUT2D eigenvalue weighted by Gasteiger charge is -2.33. The number of guanidine groups is 1. The molecule has 3 rings (SSSR count). The third-order valence-electron chi connectivity index (χ3n) is 6.65. The van der Waals surface area contributed by atoms with Gasteiger partial charge in [-0.2, -0.15) is 0 Å². The molecule has 2 atom stereocenters. The van der Waals surface area contributed by atoms with Gasteiger partial charge in [-0.1, -0.05) is 25.7 Å². The van der Waals surface area contributed by atoms with Gasteiger partial charge in [0.15, 0.2) is 5.96 Å². The molecular formula is C21H39N5O. The van der Waals surface area contributed by atoms with Crippen molar-refractivity contribution in [1.29, 1.82) is 0 Å². The molecule has 1 aliphatic carbocycles. The van der Waals surface area contributed by atoms with Crippen molar-refractivity contribution >= 4 is 11.9 Å². The number of amides is 1. The van der Waals surface area contributed by atoms with Crippen molar-refractivity contribution in [1.82, 2.24) is 20.4 Å². The number of hydrogen-bond donors (Lipinski definition) is 2. The van der Waals surface area contributed by atoms with Crippen LogP contribution in [0.1, 0.15) is 64.7 Å². The number of rotatable bonds is 5. The standard InChI is InChI=1S/C21H39N5O/c1-17-8-6-7-13-25(17)15-12-23-21(22-2)24-19-11-14-26(16-19)20(27)18-9-4-3-5-10-18/h17-19H,3-16H2,1-2H3,(H2,22,23,24). The minimum Gasteiger partial charge on any atom is -0.355 e. The highest BCUT2D eigenvalue weighted by Crippen LogP contribution is 2.26. The normalized spacial score (nSPS) is 28.4. The molecule has 2 N–H and O–H groups in total. The Morgan fingerprint density at radius 1 is 1.04 bits per heavy atom. The van der Waals surface area contributed by atoms with Crippen LogP contribution in [0.3, 0.4) is 0 Å². The molecule has 6 nitrogen and oxygen atoms in total. The van der Waals surface area contributed by atoms with Crippen molar-refractivity contribution in [3.05, 3.63) is 0 Å². The fourth-order valence-electron chi connectivity index (χ4n) is 4.88. The Labute approximate surface area is 165 Å². The first-order valence-electron chi connectivity index (χ1n) is 11.2. The minimum atomic E-state index is 0.279. The van der Waals surface area contributed by atoms with Crippen LogP contribution in [0.5, 0.6) is 0 Å². The smallest absolute Gasteiger partial charge is 0.225 e. The van der Waals surface area contributed by atoms with Gasteiger partial charge in [-0.05, 0) is 45.6 Å². The van der Waals surface area contributed by atoms with Crippen LogP contribution in [0.4, 0.5) is 0 Å². The van der Waals surface area contributed by atoms with E-state index in [1.165, 1.54) is 45.1 Å². The molecule has 27 heavy (non-hydrogen) atoms. The highest BCUT2D eigenvalue weighted by Gasteiger charge is 2.31. The predicted molar refractivity (Wildman–Crippen MR) is 111 cm³/mol. The largest absolute Gasteiger partial charge is 0.355 e. The van der Waals surface area contributed by atoms with Crippen LogP contribution in [-0.4, -0.2) is 73.5 Å². The maximum Gasteiger partial charge on any atom is 0.225 e. The molecule has 2 aliphatic heterocycles. The van der Waals surface area contributed by atoms with E-state index in [0.717, 1.165) is 51.4 Å². The number of likely N-dealkylation sites (tertiary alicyclic amines) is 2. The molecule has 0 aromatic heterocycles. The van der Waals surface area contributed by atoms with Crippen LogP contribution >= 0.6 is 0 Å². The van der Waals surface area contributed by atoms with Gasteiger partial charge in [-0.3, -0.25) is 14.7 Å². The number of carbonyl (C=O) groups is 1. The van der Waals surface area contributed by atoms with Gasteiger partial charge in [0.05, 0.1) is 0 Å². The number of hydrogen-bond acceptors (Lipinski definition) is 3. The van der Waals surface area contributed by atoms with Gasteiger partial charge < -0.3 is 15.5 Å². The molecule has 0 aromatic carbocycles. The molecular weight excluding hydrogens is 338 g/mol. The summed E-state index contributed by atoms with van der Waals surface area (Å²) in [6, 6.07) is 1.02. The number of nitrogens with zero attached hydrogens (tertiary/aromatic N) is 3. The highest BCUT2D eigenvalue weighted by atomic mass is 16.2. The lowest BCUT2D eigenvalue weighted by atomic mass is 9.88. The topological polar surface area (TPSA) is 60.0 Å². The van der Waals surface area contributed by atoms with Crippen LogP contribution in [0.25, 0.3) is 0 Å². The Bertz CT molecular complexity index is 503. The predicted octanol–water partition coefficient (Wildman–Crippen LogP) is 2.21. The van der Waals surface area contributed by atoms with E-state index in [-0.39, 0.29) is 5.92 Å². The molecule has 3 aliphatic rings. The highest BCUT2D eigenvalue weighted by molar-refractivity contribution is 5.81. The summed E-state index contributed by atoms with van der Waals surface area (Å²) in [6.45, 7) is 7.24. The summed E-state index contributed by atoms with van der Waals surface area (Å²) in [6.07, 6.45) is 10.9. The Morgan fingerprint density at radius 2 is 1.81 bits per heavy atom. The zero-order valence-electron chi connectivity index (χ0n) is 17.4. The van der Waals surface area contributed by atoms with Crippen molar-refractivity contribution in [2.45, 2.75) is 76.8 Å².